The Labute approximate surface area is 115 Å². The number of imidazole rings is 1. The second-order valence-corrected chi connectivity index (χ2v) is 4.40. The first-order chi connectivity index (χ1) is 9.72. The summed E-state index contributed by atoms with van der Waals surface area (Å²) in [5, 5.41) is 8.92. The topological polar surface area (TPSA) is 54.6 Å². The Bertz CT molecular complexity index is 789. The fourth-order valence-electron chi connectivity index (χ4n) is 1.97. The van der Waals surface area contributed by atoms with E-state index in [0.717, 1.165) is 11.1 Å². The fourth-order valence-corrected chi connectivity index (χ4v) is 1.97. The number of carbonyl (C=O) groups is 1. The van der Waals surface area contributed by atoms with E-state index in [4.69, 9.17) is 5.11 Å². The van der Waals surface area contributed by atoms with Gasteiger partial charge in [-0.25, -0.2) is 9.78 Å². The average molecular weight is 264 g/mol. The first kappa shape index (κ1) is 12.2. The van der Waals surface area contributed by atoms with E-state index >= 15 is 0 Å². The van der Waals surface area contributed by atoms with Gasteiger partial charge >= 0.3 is 5.97 Å². The van der Waals surface area contributed by atoms with Crippen molar-refractivity contribution in [3.8, 4) is 0 Å². The molecule has 1 N–H and O–H groups in total. The van der Waals surface area contributed by atoms with E-state index in [9.17, 15) is 4.79 Å². The molecule has 3 aromatic rings. The number of aromatic carboxylic acids is 1. The summed E-state index contributed by atoms with van der Waals surface area (Å²) in [4.78, 5) is 14.9. The third-order valence-corrected chi connectivity index (χ3v) is 2.96. The van der Waals surface area contributed by atoms with Gasteiger partial charge in [0.15, 0.2) is 5.69 Å². The van der Waals surface area contributed by atoms with Crippen molar-refractivity contribution in [3.63, 3.8) is 0 Å². The van der Waals surface area contributed by atoms with E-state index in [1.165, 1.54) is 6.20 Å². The van der Waals surface area contributed by atoms with Crippen LogP contribution in [0, 0.1) is 0 Å². The van der Waals surface area contributed by atoms with E-state index < -0.39 is 5.97 Å². The largest absolute Gasteiger partial charge is 0.476 e. The summed E-state index contributed by atoms with van der Waals surface area (Å²) in [6, 6.07) is 13.7. The second kappa shape index (κ2) is 5.01. The maximum atomic E-state index is 10.9. The molecule has 0 aliphatic heterocycles. The molecule has 0 atom stereocenters. The fraction of sp³-hybridized carbons (Fsp3) is 0. The molecule has 0 bridgehead atoms. The Kier molecular flexibility index (Phi) is 3.05. The molecule has 3 rings (SSSR count). The molecule has 0 saturated carbocycles. The highest BCUT2D eigenvalue weighted by Gasteiger charge is 2.07. The molecule has 98 valence electrons. The highest BCUT2D eigenvalue weighted by atomic mass is 16.4. The van der Waals surface area contributed by atoms with E-state index in [1.807, 2.05) is 54.7 Å². The normalized spacial score (nSPS) is 11.2. The van der Waals surface area contributed by atoms with Gasteiger partial charge in [-0.1, -0.05) is 42.5 Å². The third kappa shape index (κ3) is 2.44. The maximum absolute atomic E-state index is 10.9. The number of hydrogen-bond acceptors (Lipinski definition) is 2. The van der Waals surface area contributed by atoms with Crippen molar-refractivity contribution in [2.24, 2.45) is 0 Å². The smallest absolute Gasteiger partial charge is 0.356 e. The highest BCUT2D eigenvalue weighted by Crippen LogP contribution is 2.11. The lowest BCUT2D eigenvalue weighted by Crippen LogP contribution is -1.94. The average Bonchev–Trinajstić information content (AvgIpc) is 2.89. The van der Waals surface area contributed by atoms with Gasteiger partial charge in [0.05, 0.1) is 0 Å². The molecule has 4 nitrogen and oxygen atoms in total. The number of pyridine rings is 1. The summed E-state index contributed by atoms with van der Waals surface area (Å²) in [5.41, 5.74) is 2.77. The van der Waals surface area contributed by atoms with Crippen molar-refractivity contribution >= 4 is 23.8 Å². The molecular formula is C16H12N2O2. The van der Waals surface area contributed by atoms with Gasteiger partial charge in [0, 0.05) is 12.4 Å². The number of carboxylic acid groups (broad SMARTS) is 1. The zero-order valence-electron chi connectivity index (χ0n) is 10.6. The summed E-state index contributed by atoms with van der Waals surface area (Å²) in [6.07, 6.45) is 7.36. The third-order valence-electron chi connectivity index (χ3n) is 2.96. The lowest BCUT2D eigenvalue weighted by molar-refractivity contribution is 0.0691. The molecule has 2 aromatic heterocycles. The van der Waals surface area contributed by atoms with Gasteiger partial charge in [-0.2, -0.15) is 0 Å². The number of aromatic nitrogens is 2. The van der Waals surface area contributed by atoms with Gasteiger partial charge in [0.25, 0.3) is 0 Å². The van der Waals surface area contributed by atoms with Crippen molar-refractivity contribution in [2.45, 2.75) is 0 Å². The van der Waals surface area contributed by atoms with Crippen molar-refractivity contribution in [1.29, 1.82) is 0 Å². The molecule has 2 heterocycles. The number of carboxylic acids is 1. The van der Waals surface area contributed by atoms with Crippen LogP contribution in [0.1, 0.15) is 21.6 Å². The Morgan fingerprint density at radius 1 is 1.00 bits per heavy atom. The van der Waals surface area contributed by atoms with Crippen molar-refractivity contribution in [3.05, 3.63) is 71.7 Å². The molecule has 0 amide bonds. The SMILES string of the molecule is O=C(O)c1cn2cc(C=Cc3ccccc3)ccc2n1. The minimum atomic E-state index is -1.02. The Morgan fingerprint density at radius 3 is 2.50 bits per heavy atom. The van der Waals surface area contributed by atoms with E-state index in [2.05, 4.69) is 4.98 Å². The monoisotopic (exact) mass is 264 g/mol. The van der Waals surface area contributed by atoms with Gasteiger partial charge in [0.1, 0.15) is 5.65 Å². The first-order valence-corrected chi connectivity index (χ1v) is 6.17. The summed E-state index contributed by atoms with van der Waals surface area (Å²) in [6.45, 7) is 0. The lowest BCUT2D eigenvalue weighted by Gasteiger charge is -1.96. The number of hydrogen-bond donors (Lipinski definition) is 1. The Hall–Kier alpha value is -2.88. The molecule has 0 saturated heterocycles. The van der Waals surface area contributed by atoms with Crippen molar-refractivity contribution < 1.29 is 9.90 Å². The second-order valence-electron chi connectivity index (χ2n) is 4.40. The highest BCUT2D eigenvalue weighted by molar-refractivity contribution is 5.86. The van der Waals surface area contributed by atoms with E-state index in [-0.39, 0.29) is 5.69 Å². The summed E-state index contributed by atoms with van der Waals surface area (Å²) in [5.74, 6) is -1.02. The summed E-state index contributed by atoms with van der Waals surface area (Å²) in [7, 11) is 0. The number of rotatable bonds is 3. The van der Waals surface area contributed by atoms with Crippen molar-refractivity contribution in [2.75, 3.05) is 0 Å². The predicted octanol–water partition coefficient (Wildman–Crippen LogP) is 3.20. The number of fused-ring (bicyclic) bond motifs is 1. The van der Waals surface area contributed by atoms with Gasteiger partial charge in [-0.05, 0) is 23.3 Å². The van der Waals surface area contributed by atoms with Crippen LogP contribution in [0.25, 0.3) is 17.8 Å². The molecule has 0 aliphatic rings. The van der Waals surface area contributed by atoms with Gasteiger partial charge < -0.3 is 9.51 Å². The zero-order chi connectivity index (χ0) is 13.9. The van der Waals surface area contributed by atoms with Gasteiger partial charge in [-0.3, -0.25) is 0 Å². The zero-order valence-corrected chi connectivity index (χ0v) is 10.6. The van der Waals surface area contributed by atoms with E-state index in [0.29, 0.717) is 5.65 Å². The van der Waals surface area contributed by atoms with Crippen molar-refractivity contribution in [1.82, 2.24) is 9.38 Å². The molecule has 0 spiro atoms. The van der Waals surface area contributed by atoms with Crippen LogP contribution in [0.15, 0.2) is 54.9 Å². The van der Waals surface area contributed by atoms with Crippen LogP contribution in [0.4, 0.5) is 0 Å². The van der Waals surface area contributed by atoms with Gasteiger partial charge in [0.2, 0.25) is 0 Å². The van der Waals surface area contributed by atoms with Crippen LogP contribution in [0.3, 0.4) is 0 Å². The Morgan fingerprint density at radius 2 is 1.75 bits per heavy atom. The Balaban J connectivity index is 1.93. The molecule has 0 aliphatic carbocycles. The van der Waals surface area contributed by atoms with Crippen LogP contribution in [0.5, 0.6) is 0 Å². The molecule has 0 radical (unpaired) electrons. The molecule has 0 unspecified atom stereocenters. The molecule has 4 heteroatoms. The molecule has 20 heavy (non-hydrogen) atoms. The summed E-state index contributed by atoms with van der Waals surface area (Å²) >= 11 is 0. The van der Waals surface area contributed by atoms with Crippen LogP contribution in [-0.2, 0) is 0 Å². The van der Waals surface area contributed by atoms with Crippen LogP contribution in [-0.4, -0.2) is 20.5 Å². The van der Waals surface area contributed by atoms with E-state index in [1.54, 1.807) is 10.5 Å². The maximum Gasteiger partial charge on any atom is 0.356 e. The minimum absolute atomic E-state index is 0.0502. The predicted molar refractivity (Wildman–Crippen MR) is 77.5 cm³/mol. The first-order valence-electron chi connectivity index (χ1n) is 6.17. The number of nitrogens with zero attached hydrogens (tertiary/aromatic N) is 2. The molecular weight excluding hydrogens is 252 g/mol. The quantitative estimate of drug-likeness (QED) is 0.790. The van der Waals surface area contributed by atoms with Crippen LogP contribution >= 0.6 is 0 Å². The van der Waals surface area contributed by atoms with Gasteiger partial charge in [-0.15, -0.1) is 0 Å². The standard InChI is InChI=1S/C16H12N2O2/c19-16(20)14-11-18-10-13(8-9-15(18)17-14)7-6-12-4-2-1-3-5-12/h1-11H,(H,19,20). The minimum Gasteiger partial charge on any atom is -0.476 e. The molecule has 0 fully saturated rings. The summed E-state index contributed by atoms with van der Waals surface area (Å²) < 4.78 is 1.72. The number of benzene rings is 1. The van der Waals surface area contributed by atoms with Crippen LogP contribution in [0.2, 0.25) is 0 Å². The van der Waals surface area contributed by atoms with Crippen LogP contribution < -0.4 is 0 Å². The molecule has 1 aromatic carbocycles. The lowest BCUT2D eigenvalue weighted by atomic mass is 10.2.